The first-order valence-electron chi connectivity index (χ1n) is 8.42. The Hall–Kier alpha value is -1.30. The average molecular weight is 414 g/mol. The molecule has 2 aromatic rings. The molecule has 0 atom stereocenters. The minimum atomic E-state index is -0.137. The topological polar surface area (TPSA) is 46.5 Å². The molecule has 0 unspecified atom stereocenters. The summed E-state index contributed by atoms with van der Waals surface area (Å²) < 4.78 is 10.5. The average Bonchev–Trinajstić information content (AvgIpc) is 2.89. The summed E-state index contributed by atoms with van der Waals surface area (Å²) in [5, 5.41) is 4.98. The van der Waals surface area contributed by atoms with Gasteiger partial charge in [0.1, 0.15) is 16.6 Å². The maximum Gasteiger partial charge on any atom is 0.219 e. The van der Waals surface area contributed by atoms with Crippen LogP contribution in [0.5, 0.6) is 10.8 Å². The Morgan fingerprint density at radius 2 is 1.92 bits per heavy atom. The fraction of sp³-hybridized carbons (Fsp3) is 0.474. The number of benzene rings is 1. The zero-order chi connectivity index (χ0) is 19.6. The molecule has 0 bridgehead atoms. The fourth-order valence-corrected chi connectivity index (χ4v) is 3.92. The quantitative estimate of drug-likeness (QED) is 0.435. The molecule has 0 saturated carbocycles. The number of nitrogens with zero attached hydrogens (tertiary/aromatic N) is 2. The zero-order valence-electron chi connectivity index (χ0n) is 16.2. The van der Waals surface area contributed by atoms with E-state index in [1.807, 2.05) is 13.0 Å². The van der Waals surface area contributed by atoms with Crippen LogP contribution in [0, 0.1) is 12.8 Å². The first-order valence-corrected chi connectivity index (χ1v) is 9.94. The molecule has 1 aromatic carbocycles. The first kappa shape index (κ1) is 21.0. The predicted molar refractivity (Wildman–Crippen MR) is 114 cm³/mol. The fourth-order valence-electron chi connectivity index (χ4n) is 2.36. The van der Waals surface area contributed by atoms with Gasteiger partial charge in [-0.3, -0.25) is 4.99 Å². The van der Waals surface area contributed by atoms with Crippen LogP contribution in [0.4, 0.5) is 5.69 Å². The highest BCUT2D eigenvalue weighted by Crippen LogP contribution is 2.42. The van der Waals surface area contributed by atoms with Gasteiger partial charge in [-0.25, -0.2) is 0 Å². The van der Waals surface area contributed by atoms with Crippen molar-refractivity contribution >= 4 is 46.3 Å². The highest BCUT2D eigenvalue weighted by Gasteiger charge is 2.25. The second kappa shape index (κ2) is 8.15. The highest BCUT2D eigenvalue weighted by atomic mass is 35.5. The van der Waals surface area contributed by atoms with Crippen molar-refractivity contribution in [3.8, 4) is 10.8 Å². The standard InChI is InChI=1S/C19H25Cl2N3OS/c1-10(2)17(22-7)23-13-8-11(3)14(9-12(13)20)25-18-15(21)16(24-26-18)19(4,5)6/h8-10H,1-7H3,(H,22,23). The Morgan fingerprint density at radius 3 is 2.42 bits per heavy atom. The van der Waals surface area contributed by atoms with Gasteiger partial charge in [-0.1, -0.05) is 57.8 Å². The van der Waals surface area contributed by atoms with Crippen molar-refractivity contribution < 1.29 is 4.74 Å². The number of hydrogen-bond donors (Lipinski definition) is 1. The third-order valence-corrected chi connectivity index (χ3v) is 5.34. The van der Waals surface area contributed by atoms with Gasteiger partial charge in [0.25, 0.3) is 0 Å². The largest absolute Gasteiger partial charge is 0.443 e. The summed E-state index contributed by atoms with van der Waals surface area (Å²) in [7, 11) is 1.76. The Labute approximate surface area is 169 Å². The van der Waals surface area contributed by atoms with Crippen LogP contribution in [0.25, 0.3) is 0 Å². The van der Waals surface area contributed by atoms with Crippen molar-refractivity contribution in [3.05, 3.63) is 33.4 Å². The van der Waals surface area contributed by atoms with Gasteiger partial charge in [-0.05, 0) is 18.6 Å². The van der Waals surface area contributed by atoms with Gasteiger partial charge in [-0.15, -0.1) is 0 Å². The minimum absolute atomic E-state index is 0.137. The summed E-state index contributed by atoms with van der Waals surface area (Å²) in [6, 6.07) is 3.74. The smallest absolute Gasteiger partial charge is 0.219 e. The van der Waals surface area contributed by atoms with Crippen LogP contribution in [0.3, 0.4) is 0 Å². The number of aryl methyl sites for hydroxylation is 1. The monoisotopic (exact) mass is 413 g/mol. The van der Waals surface area contributed by atoms with Crippen LogP contribution in [0.1, 0.15) is 45.9 Å². The normalized spacial score (nSPS) is 12.6. The van der Waals surface area contributed by atoms with Crippen molar-refractivity contribution in [2.24, 2.45) is 10.9 Å². The number of amidine groups is 1. The Morgan fingerprint density at radius 1 is 1.27 bits per heavy atom. The molecule has 26 heavy (non-hydrogen) atoms. The number of aliphatic imine (C=N–C) groups is 1. The molecule has 0 fully saturated rings. The van der Waals surface area contributed by atoms with E-state index in [0.717, 1.165) is 22.8 Å². The third-order valence-electron chi connectivity index (χ3n) is 3.84. The van der Waals surface area contributed by atoms with Crippen LogP contribution in [0.15, 0.2) is 17.1 Å². The number of anilines is 1. The van der Waals surface area contributed by atoms with Crippen LogP contribution >= 0.6 is 34.7 Å². The van der Waals surface area contributed by atoms with E-state index in [2.05, 4.69) is 49.3 Å². The molecule has 142 valence electrons. The van der Waals surface area contributed by atoms with E-state index >= 15 is 0 Å². The van der Waals surface area contributed by atoms with Crippen molar-refractivity contribution in [2.45, 2.75) is 47.0 Å². The van der Waals surface area contributed by atoms with Crippen LogP contribution in [-0.2, 0) is 5.41 Å². The molecule has 2 rings (SSSR count). The maximum absolute atomic E-state index is 6.47. The molecule has 4 nitrogen and oxygen atoms in total. The molecule has 0 spiro atoms. The Kier molecular flexibility index (Phi) is 6.59. The lowest BCUT2D eigenvalue weighted by Gasteiger charge is -2.17. The number of ether oxygens (including phenoxy) is 1. The van der Waals surface area contributed by atoms with Crippen molar-refractivity contribution in [1.82, 2.24) is 4.37 Å². The molecule has 0 aliphatic rings. The summed E-state index contributed by atoms with van der Waals surface area (Å²) in [6.45, 7) is 12.3. The maximum atomic E-state index is 6.47. The summed E-state index contributed by atoms with van der Waals surface area (Å²) in [4.78, 5) is 4.27. The molecule has 0 aliphatic heterocycles. The molecule has 0 saturated heterocycles. The first-order chi connectivity index (χ1) is 12.0. The van der Waals surface area contributed by atoms with E-state index in [4.69, 9.17) is 27.9 Å². The van der Waals surface area contributed by atoms with E-state index in [1.165, 1.54) is 11.5 Å². The van der Waals surface area contributed by atoms with E-state index in [9.17, 15) is 0 Å². The van der Waals surface area contributed by atoms with Crippen LogP contribution in [0.2, 0.25) is 10.0 Å². The molecular formula is C19H25Cl2N3OS. The van der Waals surface area contributed by atoms with Crippen molar-refractivity contribution in [1.29, 1.82) is 0 Å². The highest BCUT2D eigenvalue weighted by molar-refractivity contribution is 7.08. The summed E-state index contributed by atoms with van der Waals surface area (Å²) in [5.41, 5.74) is 2.44. The molecule has 1 heterocycles. The number of nitrogens with one attached hydrogen (secondary N) is 1. The summed E-state index contributed by atoms with van der Waals surface area (Å²) in [6.07, 6.45) is 0. The molecule has 0 radical (unpaired) electrons. The Bertz CT molecular complexity index is 823. The SMILES string of the molecule is CN=C(Nc1cc(C)c(Oc2snc(C(C)(C)C)c2Cl)cc1Cl)C(C)C. The molecule has 0 amide bonds. The number of rotatable bonds is 4. The lowest BCUT2D eigenvalue weighted by Crippen LogP contribution is -2.18. The minimum Gasteiger partial charge on any atom is -0.443 e. The van der Waals surface area contributed by atoms with Gasteiger partial charge >= 0.3 is 0 Å². The third kappa shape index (κ3) is 4.70. The van der Waals surface area contributed by atoms with E-state index in [-0.39, 0.29) is 11.3 Å². The predicted octanol–water partition coefficient (Wildman–Crippen LogP) is 6.94. The summed E-state index contributed by atoms with van der Waals surface area (Å²) in [5.74, 6) is 1.81. The summed E-state index contributed by atoms with van der Waals surface area (Å²) >= 11 is 14.2. The van der Waals surface area contributed by atoms with Gasteiger partial charge < -0.3 is 10.1 Å². The second-order valence-electron chi connectivity index (χ2n) is 7.47. The van der Waals surface area contributed by atoms with Gasteiger partial charge in [0.2, 0.25) is 5.06 Å². The number of aromatic nitrogens is 1. The molecule has 1 aromatic heterocycles. The van der Waals surface area contributed by atoms with Gasteiger partial charge in [0.05, 0.1) is 16.4 Å². The molecule has 0 aliphatic carbocycles. The second-order valence-corrected chi connectivity index (χ2v) is 8.99. The number of hydrogen-bond acceptors (Lipinski definition) is 4. The van der Waals surface area contributed by atoms with Gasteiger partial charge in [0.15, 0.2) is 0 Å². The lowest BCUT2D eigenvalue weighted by atomic mass is 9.92. The van der Waals surface area contributed by atoms with Crippen molar-refractivity contribution in [3.63, 3.8) is 0 Å². The van der Waals surface area contributed by atoms with E-state index in [1.54, 1.807) is 13.1 Å². The molecule has 7 heteroatoms. The van der Waals surface area contributed by atoms with E-state index < -0.39 is 0 Å². The number of halogens is 2. The van der Waals surface area contributed by atoms with Crippen LogP contribution < -0.4 is 10.1 Å². The molecule has 1 N–H and O–H groups in total. The zero-order valence-corrected chi connectivity index (χ0v) is 18.5. The molecular weight excluding hydrogens is 389 g/mol. The lowest BCUT2D eigenvalue weighted by molar-refractivity contribution is 0.490. The van der Waals surface area contributed by atoms with E-state index in [0.29, 0.717) is 20.9 Å². The Balaban J connectivity index is 2.30. The van der Waals surface area contributed by atoms with Crippen molar-refractivity contribution in [2.75, 3.05) is 12.4 Å². The van der Waals surface area contributed by atoms with Gasteiger partial charge in [-0.2, -0.15) is 4.37 Å². The van der Waals surface area contributed by atoms with Gasteiger partial charge in [0, 0.05) is 36.0 Å². The van der Waals surface area contributed by atoms with Crippen LogP contribution in [-0.4, -0.2) is 17.3 Å².